The number of amides is 2. The van der Waals surface area contributed by atoms with Crippen LogP contribution in [0.5, 0.6) is 0 Å². The number of rotatable bonds is 7. The first-order valence-electron chi connectivity index (χ1n) is 7.83. The van der Waals surface area contributed by atoms with Gasteiger partial charge in [0.2, 0.25) is 0 Å². The van der Waals surface area contributed by atoms with Crippen LogP contribution in [0.3, 0.4) is 0 Å². The molecule has 2 amide bonds. The lowest BCUT2D eigenvalue weighted by Crippen LogP contribution is -2.37. The van der Waals surface area contributed by atoms with Gasteiger partial charge in [-0.25, -0.2) is 4.79 Å². The van der Waals surface area contributed by atoms with Crippen molar-refractivity contribution in [1.82, 2.24) is 15.6 Å². The molecule has 6 nitrogen and oxygen atoms in total. The minimum Gasteiger partial charge on any atom is -0.481 e. The third-order valence-corrected chi connectivity index (χ3v) is 3.62. The number of benzene rings is 1. The predicted molar refractivity (Wildman–Crippen MR) is 91.5 cm³/mol. The van der Waals surface area contributed by atoms with Gasteiger partial charge < -0.3 is 15.7 Å². The maximum atomic E-state index is 11.8. The number of pyridine rings is 1. The number of carboxylic acid groups (broad SMARTS) is 1. The first-order chi connectivity index (χ1) is 11.6. The van der Waals surface area contributed by atoms with E-state index in [-0.39, 0.29) is 18.5 Å². The number of hydrogen-bond acceptors (Lipinski definition) is 3. The molecule has 1 atom stereocenters. The molecule has 1 aromatic heterocycles. The zero-order valence-electron chi connectivity index (χ0n) is 13.5. The topological polar surface area (TPSA) is 91.3 Å². The van der Waals surface area contributed by atoms with E-state index < -0.39 is 5.97 Å². The summed E-state index contributed by atoms with van der Waals surface area (Å²) in [6, 6.07) is 11.4. The molecule has 0 aliphatic heterocycles. The van der Waals surface area contributed by atoms with Crippen molar-refractivity contribution in [1.29, 1.82) is 0 Å². The molecule has 1 heterocycles. The first-order valence-corrected chi connectivity index (χ1v) is 7.83. The molecule has 0 spiro atoms. The van der Waals surface area contributed by atoms with Gasteiger partial charge in [0, 0.05) is 25.4 Å². The SMILES string of the molecule is CC(NC(=O)NCCCC(=O)O)c1ccc(-c2ccncc2)cc1. The number of aliphatic carboxylic acids is 1. The number of urea groups is 1. The number of carbonyl (C=O) groups excluding carboxylic acids is 1. The fraction of sp³-hybridized carbons (Fsp3) is 0.278. The van der Waals surface area contributed by atoms with Crippen molar-refractivity contribution in [2.75, 3.05) is 6.54 Å². The summed E-state index contributed by atoms with van der Waals surface area (Å²) in [5.41, 5.74) is 3.17. The van der Waals surface area contributed by atoms with Gasteiger partial charge in [0.1, 0.15) is 0 Å². The largest absolute Gasteiger partial charge is 0.481 e. The standard InChI is InChI=1S/C18H21N3O3/c1-13(21-18(24)20-10-2-3-17(22)23)14-4-6-15(7-5-14)16-8-11-19-12-9-16/h4-9,11-13H,2-3,10H2,1H3,(H,22,23)(H2,20,21,24). The summed E-state index contributed by atoms with van der Waals surface area (Å²) in [5.74, 6) is -0.861. The predicted octanol–water partition coefficient (Wildman–Crippen LogP) is 2.97. The Labute approximate surface area is 140 Å². The van der Waals surface area contributed by atoms with Gasteiger partial charge in [0.05, 0.1) is 6.04 Å². The summed E-state index contributed by atoms with van der Waals surface area (Å²) in [6.45, 7) is 2.24. The molecule has 3 N–H and O–H groups in total. The number of hydrogen-bond donors (Lipinski definition) is 3. The van der Waals surface area contributed by atoms with E-state index in [1.165, 1.54) is 0 Å². The highest BCUT2D eigenvalue weighted by molar-refractivity contribution is 5.74. The maximum Gasteiger partial charge on any atom is 0.315 e. The summed E-state index contributed by atoms with van der Waals surface area (Å²) >= 11 is 0. The molecule has 2 aromatic rings. The number of carbonyl (C=O) groups is 2. The molecule has 0 aliphatic rings. The van der Waals surface area contributed by atoms with Crippen LogP contribution in [0.1, 0.15) is 31.4 Å². The van der Waals surface area contributed by atoms with E-state index in [0.29, 0.717) is 13.0 Å². The minimum absolute atomic E-state index is 0.0479. The molecule has 0 bridgehead atoms. The van der Waals surface area contributed by atoms with E-state index in [1.807, 2.05) is 43.3 Å². The Kier molecular flexibility index (Phi) is 6.31. The quantitative estimate of drug-likeness (QED) is 0.682. The second kappa shape index (κ2) is 8.67. The molecule has 24 heavy (non-hydrogen) atoms. The molecule has 0 fully saturated rings. The third-order valence-electron chi connectivity index (χ3n) is 3.62. The monoisotopic (exact) mass is 327 g/mol. The van der Waals surface area contributed by atoms with Gasteiger partial charge in [0.15, 0.2) is 0 Å². The lowest BCUT2D eigenvalue weighted by Gasteiger charge is -2.15. The smallest absolute Gasteiger partial charge is 0.315 e. The molecule has 0 radical (unpaired) electrons. The summed E-state index contributed by atoms with van der Waals surface area (Å²) in [5, 5.41) is 14.0. The van der Waals surface area contributed by atoms with Crippen LogP contribution < -0.4 is 10.6 Å². The van der Waals surface area contributed by atoms with Crippen LogP contribution in [0.4, 0.5) is 4.79 Å². The molecule has 6 heteroatoms. The Bertz CT molecular complexity index is 672. The van der Waals surface area contributed by atoms with E-state index in [0.717, 1.165) is 16.7 Å². The summed E-state index contributed by atoms with van der Waals surface area (Å²) in [6.07, 6.45) is 3.97. The highest BCUT2D eigenvalue weighted by Crippen LogP contribution is 2.21. The van der Waals surface area contributed by atoms with Crippen LogP contribution in [-0.4, -0.2) is 28.6 Å². The molecular formula is C18H21N3O3. The van der Waals surface area contributed by atoms with Crippen LogP contribution in [-0.2, 0) is 4.79 Å². The van der Waals surface area contributed by atoms with Crippen molar-refractivity contribution in [3.63, 3.8) is 0 Å². The normalized spacial score (nSPS) is 11.5. The molecule has 0 saturated heterocycles. The Balaban J connectivity index is 1.85. The second-order valence-electron chi connectivity index (χ2n) is 5.48. The Morgan fingerprint density at radius 2 is 1.71 bits per heavy atom. The van der Waals surface area contributed by atoms with Gasteiger partial charge >= 0.3 is 12.0 Å². The fourth-order valence-electron chi connectivity index (χ4n) is 2.28. The summed E-state index contributed by atoms with van der Waals surface area (Å²) in [7, 11) is 0. The summed E-state index contributed by atoms with van der Waals surface area (Å²) in [4.78, 5) is 26.2. The minimum atomic E-state index is -0.861. The number of aromatic nitrogens is 1. The van der Waals surface area contributed by atoms with E-state index in [1.54, 1.807) is 12.4 Å². The van der Waals surface area contributed by atoms with Crippen LogP contribution in [0.2, 0.25) is 0 Å². The molecule has 0 aliphatic carbocycles. The average molecular weight is 327 g/mol. The molecule has 1 aromatic carbocycles. The molecule has 1 unspecified atom stereocenters. The van der Waals surface area contributed by atoms with Crippen LogP contribution >= 0.6 is 0 Å². The Hall–Kier alpha value is -2.89. The Morgan fingerprint density at radius 3 is 2.33 bits per heavy atom. The number of nitrogens with zero attached hydrogens (tertiary/aromatic N) is 1. The van der Waals surface area contributed by atoms with Crippen molar-refractivity contribution in [3.8, 4) is 11.1 Å². The summed E-state index contributed by atoms with van der Waals surface area (Å²) < 4.78 is 0. The fourth-order valence-corrected chi connectivity index (χ4v) is 2.28. The zero-order chi connectivity index (χ0) is 17.4. The molecule has 2 rings (SSSR count). The van der Waals surface area contributed by atoms with Crippen molar-refractivity contribution < 1.29 is 14.7 Å². The Morgan fingerprint density at radius 1 is 1.08 bits per heavy atom. The van der Waals surface area contributed by atoms with Gasteiger partial charge in [-0.3, -0.25) is 9.78 Å². The van der Waals surface area contributed by atoms with Gasteiger partial charge in [-0.1, -0.05) is 24.3 Å². The van der Waals surface area contributed by atoms with Crippen molar-refractivity contribution in [3.05, 3.63) is 54.4 Å². The van der Waals surface area contributed by atoms with Gasteiger partial charge in [0.25, 0.3) is 0 Å². The van der Waals surface area contributed by atoms with Crippen molar-refractivity contribution in [2.45, 2.75) is 25.8 Å². The average Bonchev–Trinajstić information content (AvgIpc) is 2.59. The lowest BCUT2D eigenvalue weighted by molar-refractivity contribution is -0.137. The van der Waals surface area contributed by atoms with E-state index in [9.17, 15) is 9.59 Å². The highest BCUT2D eigenvalue weighted by atomic mass is 16.4. The molecular weight excluding hydrogens is 306 g/mol. The van der Waals surface area contributed by atoms with Gasteiger partial charge in [-0.05, 0) is 42.2 Å². The van der Waals surface area contributed by atoms with E-state index in [2.05, 4.69) is 15.6 Å². The lowest BCUT2D eigenvalue weighted by atomic mass is 10.0. The van der Waals surface area contributed by atoms with Crippen molar-refractivity contribution in [2.24, 2.45) is 0 Å². The van der Waals surface area contributed by atoms with Crippen LogP contribution in [0.15, 0.2) is 48.8 Å². The second-order valence-corrected chi connectivity index (χ2v) is 5.48. The van der Waals surface area contributed by atoms with E-state index >= 15 is 0 Å². The van der Waals surface area contributed by atoms with Crippen molar-refractivity contribution >= 4 is 12.0 Å². The van der Waals surface area contributed by atoms with E-state index in [4.69, 9.17) is 5.11 Å². The highest BCUT2D eigenvalue weighted by Gasteiger charge is 2.09. The third kappa shape index (κ3) is 5.39. The number of nitrogens with one attached hydrogen (secondary N) is 2. The van der Waals surface area contributed by atoms with Crippen LogP contribution in [0.25, 0.3) is 11.1 Å². The van der Waals surface area contributed by atoms with Crippen LogP contribution in [0, 0.1) is 0 Å². The van der Waals surface area contributed by atoms with Gasteiger partial charge in [-0.2, -0.15) is 0 Å². The zero-order valence-corrected chi connectivity index (χ0v) is 13.5. The van der Waals surface area contributed by atoms with Gasteiger partial charge in [-0.15, -0.1) is 0 Å². The number of carboxylic acids is 1. The maximum absolute atomic E-state index is 11.8. The molecule has 0 saturated carbocycles. The molecule has 126 valence electrons. The first kappa shape index (κ1) is 17.5.